The average Bonchev–Trinajstić information content (AvgIpc) is 3.53. The Balaban J connectivity index is 1.70. The molecule has 1 aliphatic rings. The van der Waals surface area contributed by atoms with Crippen LogP contribution in [0.15, 0.2) is 273 Å². The van der Waals surface area contributed by atoms with Gasteiger partial charge in [0.25, 0.3) is 0 Å². The van der Waals surface area contributed by atoms with Gasteiger partial charge in [0.15, 0.2) is 4.61 Å². The highest BCUT2D eigenvalue weighted by molar-refractivity contribution is 14.1. The molecule has 0 atom stereocenters. The third kappa shape index (κ3) is 5.15. The lowest BCUT2D eigenvalue weighted by atomic mass is 10.4. The van der Waals surface area contributed by atoms with Gasteiger partial charge in [-0.2, -0.15) is 0 Å². The van der Waals surface area contributed by atoms with Crippen molar-refractivity contribution in [2.75, 3.05) is 0 Å². The Morgan fingerprint density at radius 2 is 0.300 bits per heavy atom. The average molecular weight is 961 g/mol. The predicted octanol–water partition coefficient (Wildman–Crippen LogP) is 6.73. The van der Waals surface area contributed by atoms with Gasteiger partial charge in [-0.05, 0) is 0 Å². The summed E-state index contributed by atoms with van der Waals surface area (Å²) < 4.78 is -3.12. The fourth-order valence-corrected chi connectivity index (χ4v) is 233. The van der Waals surface area contributed by atoms with E-state index < -0.39 is 33.0 Å². The van der Waals surface area contributed by atoms with E-state index in [0.29, 0.717) is 0 Å². The highest BCUT2D eigenvalue weighted by Crippen LogP contribution is 2.53. The molecule has 9 aromatic carbocycles. The van der Waals surface area contributed by atoms with E-state index in [0.717, 1.165) is 0 Å². The van der Waals surface area contributed by atoms with Gasteiger partial charge >= 0.3 is 0 Å². The fraction of sp³-hybridized carbons (Fsp3) is 0. The molecule has 9 aromatic rings. The lowest BCUT2D eigenvalue weighted by molar-refractivity contribution is 1.70. The molecule has 1 aliphatic heterocycles. The van der Waals surface area contributed by atoms with E-state index in [-0.39, 0.29) is 0 Å². The fourth-order valence-electron chi connectivity index (χ4n) is 12.0. The van der Waals surface area contributed by atoms with Crippen LogP contribution in [-0.2, 0) is 0 Å². The van der Waals surface area contributed by atoms with Crippen LogP contribution in [0.3, 0.4) is 0 Å². The molecule has 0 saturated carbocycles. The molecule has 1 heterocycles. The quantitative estimate of drug-likeness (QED) is 0.0857. The number of hydrogen-bond donors (Lipinski definition) is 0. The van der Waals surface area contributed by atoms with Crippen LogP contribution in [0.25, 0.3) is 0 Å². The van der Waals surface area contributed by atoms with Gasteiger partial charge in [-0.15, -0.1) is 21.8 Å². The minimum Gasteiger partial charge on any atom is -0.118 e. The zero-order valence-electron chi connectivity index (χ0n) is 33.4. The molecule has 60 heavy (non-hydrogen) atoms. The molecule has 0 amide bonds. The molecule has 0 radical (unpaired) electrons. The summed E-state index contributed by atoms with van der Waals surface area (Å²) in [6.07, 6.45) is 0. The maximum absolute atomic E-state index is 3.36. The topological polar surface area (TPSA) is 0 Å². The van der Waals surface area contributed by atoms with Crippen LogP contribution >= 0.6 is 21.8 Å². The van der Waals surface area contributed by atoms with Crippen LogP contribution in [0.2, 0.25) is 0 Å². The molecule has 288 valence electrons. The summed E-state index contributed by atoms with van der Waals surface area (Å²) >= 11 is 3.36. The Labute approximate surface area is 371 Å². The molecule has 0 bridgehead atoms. The lowest BCUT2D eigenvalue weighted by Crippen LogP contribution is -3.00. The van der Waals surface area contributed by atoms with Crippen molar-refractivity contribution in [3.8, 4) is 0 Å². The molecule has 0 aliphatic carbocycles. The molecular weight excluding hydrogens is 916 g/mol. The van der Waals surface area contributed by atoms with Crippen molar-refractivity contribution in [3.05, 3.63) is 273 Å². The van der Waals surface area contributed by atoms with E-state index in [1.54, 1.807) is 46.7 Å². The minimum atomic E-state index is -3.33. The van der Waals surface area contributed by atoms with Crippen LogP contribution in [0.5, 0.6) is 0 Å². The molecule has 10 rings (SSSR count). The van der Waals surface area contributed by atoms with Crippen LogP contribution < -0.4 is 46.7 Å². The number of halogens is 1. The largest absolute Gasteiger partial charge is 0.155 e. The van der Waals surface area contributed by atoms with E-state index in [1.165, 1.54) is 0 Å². The summed E-state index contributed by atoms with van der Waals surface area (Å²) in [5.74, 6) is 0. The SMILES string of the molecule is I[Si]1(c2ccccc2)[Si](c2ccccc2)(c2ccccc2)[Si](c2ccccc2)(c2ccccc2)[Si](c2ccccc2)(c2ccccc2)[Si]1(c1ccccc1)c1ccccc1. The first-order valence-corrected chi connectivity index (χ1v) is 39.0. The predicted molar refractivity (Wildman–Crippen MR) is 277 cm³/mol. The second-order valence-electron chi connectivity index (χ2n) is 16.0. The van der Waals surface area contributed by atoms with Crippen LogP contribution in [0, 0.1) is 0 Å². The molecule has 0 unspecified atom stereocenters. The highest BCUT2D eigenvalue weighted by atomic mass is 127. The van der Waals surface area contributed by atoms with Gasteiger partial charge in [0.05, 0.1) is 0 Å². The first-order chi connectivity index (χ1) is 29.7. The Bertz CT molecular complexity index is 2470. The molecule has 0 aromatic heterocycles. The van der Waals surface area contributed by atoms with Crippen molar-refractivity contribution >= 4 is 102 Å². The van der Waals surface area contributed by atoms with Gasteiger partial charge in [-0.25, -0.2) is 0 Å². The van der Waals surface area contributed by atoms with Crippen molar-refractivity contribution in [2.45, 2.75) is 0 Å². The van der Waals surface area contributed by atoms with E-state index in [9.17, 15) is 0 Å². The lowest BCUT2D eigenvalue weighted by Gasteiger charge is -2.56. The van der Waals surface area contributed by atoms with Gasteiger partial charge in [-0.3, -0.25) is 0 Å². The van der Waals surface area contributed by atoms with Crippen LogP contribution in [0.1, 0.15) is 0 Å². The summed E-state index contributed by atoms with van der Waals surface area (Å²) in [6, 6.07) is 109. The number of benzene rings is 9. The van der Waals surface area contributed by atoms with Gasteiger partial charge in [0.2, 0.25) is 0 Å². The zero-order valence-corrected chi connectivity index (χ0v) is 40.5. The first kappa shape index (κ1) is 39.0. The molecule has 0 spiro atoms. The Morgan fingerprint density at radius 1 is 0.167 bits per heavy atom. The maximum atomic E-state index is 3.36. The first-order valence-electron chi connectivity index (χ1n) is 20.9. The summed E-state index contributed by atoms with van der Waals surface area (Å²) in [6.45, 7) is 0. The summed E-state index contributed by atoms with van der Waals surface area (Å²) in [7, 11) is -13.2. The molecular formula is C54H45ISi5. The normalized spacial score (nSPS) is 16.8. The summed E-state index contributed by atoms with van der Waals surface area (Å²) in [4.78, 5) is 0. The molecule has 1 saturated heterocycles. The van der Waals surface area contributed by atoms with Crippen LogP contribution in [0.4, 0.5) is 0 Å². The third-order valence-electron chi connectivity index (χ3n) is 13.5. The second-order valence-corrected chi connectivity index (χ2v) is 69.4. The van der Waals surface area contributed by atoms with Gasteiger partial charge < -0.3 is 0 Å². The van der Waals surface area contributed by atoms with Crippen molar-refractivity contribution in [1.29, 1.82) is 0 Å². The van der Waals surface area contributed by atoms with Crippen molar-refractivity contribution in [3.63, 3.8) is 0 Å². The zero-order chi connectivity index (χ0) is 40.5. The standard InChI is InChI=1S/C54H45ISi5/c55-60(54-44-26-9-27-45-54)58(50-36-18-5-19-37-50,51-38-20-6-21-39-51)56(46-28-10-1-11-29-46,47-30-12-2-13-31-47)57(48-32-14-3-15-33-48,49-34-16-4-17-35-49)59(60,52-40-22-7-23-41-52)53-42-24-8-25-43-53/h1-45H. The minimum absolute atomic E-state index is 1.57. The van der Waals surface area contributed by atoms with E-state index in [2.05, 4.69) is 295 Å². The molecule has 0 N–H and O–H groups in total. The summed E-state index contributed by atoms with van der Waals surface area (Å²) in [5.41, 5.74) is 0. The van der Waals surface area contributed by atoms with Crippen molar-refractivity contribution < 1.29 is 0 Å². The smallest absolute Gasteiger partial charge is 0.118 e. The third-order valence-corrected chi connectivity index (χ3v) is 132. The van der Waals surface area contributed by atoms with Gasteiger partial charge in [0.1, 0.15) is 28.4 Å². The van der Waals surface area contributed by atoms with Crippen molar-refractivity contribution in [2.24, 2.45) is 0 Å². The summed E-state index contributed by atoms with van der Waals surface area (Å²) in [5, 5.41) is 14.2. The maximum Gasteiger partial charge on any atom is 0.155 e. The Hall–Kier alpha value is -5.21. The van der Waals surface area contributed by atoms with Crippen molar-refractivity contribution in [1.82, 2.24) is 0 Å². The molecule has 1 fully saturated rings. The Morgan fingerprint density at radius 3 is 0.467 bits per heavy atom. The second kappa shape index (κ2) is 16.0. The number of hydrogen-bond acceptors (Lipinski definition) is 0. The molecule has 0 nitrogen and oxygen atoms in total. The monoisotopic (exact) mass is 960 g/mol. The van der Waals surface area contributed by atoms with Crippen LogP contribution in [-0.4, -0.2) is 33.0 Å². The van der Waals surface area contributed by atoms with E-state index >= 15 is 0 Å². The van der Waals surface area contributed by atoms with Gasteiger partial charge in [0, 0.05) is 0 Å². The van der Waals surface area contributed by atoms with Gasteiger partial charge in [-0.1, -0.05) is 320 Å². The molecule has 6 heteroatoms. The van der Waals surface area contributed by atoms with E-state index in [4.69, 9.17) is 0 Å². The Kier molecular flexibility index (Phi) is 10.4. The van der Waals surface area contributed by atoms with E-state index in [1.807, 2.05) is 0 Å². The highest BCUT2D eigenvalue weighted by Gasteiger charge is 2.94. The number of rotatable bonds is 9.